The molecule has 0 atom stereocenters. The summed E-state index contributed by atoms with van der Waals surface area (Å²) in [5, 5.41) is 15.8. The fourth-order valence-electron chi connectivity index (χ4n) is 3.14. The molecule has 0 unspecified atom stereocenters. The number of nitrogens with zero attached hydrogens (tertiary/aromatic N) is 2. The number of thiazole rings is 1. The van der Waals surface area contributed by atoms with Crippen LogP contribution in [-0.4, -0.2) is 28.9 Å². The van der Waals surface area contributed by atoms with E-state index in [-0.39, 0.29) is 30.4 Å². The molecule has 11 heteroatoms. The van der Waals surface area contributed by atoms with Gasteiger partial charge < -0.3 is 19.2 Å². The Morgan fingerprint density at radius 2 is 1.89 bits per heavy atom. The Labute approximate surface area is 203 Å². The highest BCUT2D eigenvalue weighted by atomic mass is 32.1. The maximum Gasteiger partial charge on any atom is 0.374 e. The number of aromatic nitrogens is 1. The molecule has 0 aliphatic rings. The number of furan rings is 1. The van der Waals surface area contributed by atoms with Crippen LogP contribution in [0.25, 0.3) is 11.3 Å². The SMILES string of the molecule is COc1ccccc1NC(=O)Cc1nc(COC(=O)c2ccc(-c3ccc([N+](=O)[O-])cc3)o2)cs1. The van der Waals surface area contributed by atoms with Gasteiger partial charge in [-0.05, 0) is 36.4 Å². The summed E-state index contributed by atoms with van der Waals surface area (Å²) >= 11 is 1.28. The molecule has 2 heterocycles. The topological polar surface area (TPSA) is 134 Å². The molecule has 4 aromatic rings. The summed E-state index contributed by atoms with van der Waals surface area (Å²) in [7, 11) is 1.53. The number of methoxy groups -OCH3 is 1. The van der Waals surface area contributed by atoms with Crippen LogP contribution >= 0.6 is 11.3 Å². The Morgan fingerprint density at radius 1 is 1.11 bits per heavy atom. The number of para-hydroxylation sites is 2. The molecule has 4 rings (SSSR count). The average Bonchev–Trinajstić information content (AvgIpc) is 3.53. The number of esters is 1. The molecular weight excluding hydrogens is 474 g/mol. The van der Waals surface area contributed by atoms with E-state index < -0.39 is 10.9 Å². The molecular formula is C24H19N3O7S. The Bertz CT molecular complexity index is 1360. The van der Waals surface area contributed by atoms with Crippen molar-refractivity contribution in [2.45, 2.75) is 13.0 Å². The smallest absolute Gasteiger partial charge is 0.374 e. The minimum absolute atomic E-state index is 0.00927. The lowest BCUT2D eigenvalue weighted by Gasteiger charge is -2.08. The van der Waals surface area contributed by atoms with Gasteiger partial charge in [-0.2, -0.15) is 0 Å². The largest absolute Gasteiger partial charge is 0.495 e. The van der Waals surface area contributed by atoms with E-state index in [1.165, 1.54) is 48.8 Å². The van der Waals surface area contributed by atoms with E-state index in [1.54, 1.807) is 29.6 Å². The summed E-state index contributed by atoms with van der Waals surface area (Å²) in [6, 6.07) is 15.9. The van der Waals surface area contributed by atoms with Crippen molar-refractivity contribution >= 4 is 34.6 Å². The first-order valence-corrected chi connectivity index (χ1v) is 11.2. The quantitative estimate of drug-likeness (QED) is 0.199. The van der Waals surface area contributed by atoms with E-state index in [9.17, 15) is 19.7 Å². The van der Waals surface area contributed by atoms with Gasteiger partial charge >= 0.3 is 5.97 Å². The van der Waals surface area contributed by atoms with E-state index in [1.807, 2.05) is 6.07 Å². The Morgan fingerprint density at radius 3 is 2.63 bits per heavy atom. The van der Waals surface area contributed by atoms with Crippen molar-refractivity contribution in [2.75, 3.05) is 12.4 Å². The number of anilines is 1. The summed E-state index contributed by atoms with van der Waals surface area (Å²) in [4.78, 5) is 39.3. The molecule has 0 aliphatic carbocycles. The average molecular weight is 493 g/mol. The number of non-ortho nitro benzene ring substituents is 1. The van der Waals surface area contributed by atoms with Crippen LogP contribution in [0.15, 0.2) is 70.5 Å². The molecule has 0 saturated heterocycles. The van der Waals surface area contributed by atoms with Crippen LogP contribution < -0.4 is 10.1 Å². The zero-order valence-corrected chi connectivity index (χ0v) is 19.2. The highest BCUT2D eigenvalue weighted by molar-refractivity contribution is 7.09. The predicted molar refractivity (Wildman–Crippen MR) is 127 cm³/mol. The van der Waals surface area contributed by atoms with Gasteiger partial charge in [-0.3, -0.25) is 14.9 Å². The third kappa shape index (κ3) is 5.89. The Kier molecular flexibility index (Phi) is 7.17. The van der Waals surface area contributed by atoms with Crippen molar-refractivity contribution < 1.29 is 28.4 Å². The van der Waals surface area contributed by atoms with E-state index in [0.29, 0.717) is 33.5 Å². The zero-order chi connectivity index (χ0) is 24.8. The molecule has 0 fully saturated rings. The number of nitro benzene ring substituents is 1. The van der Waals surface area contributed by atoms with Gasteiger partial charge in [0.2, 0.25) is 11.7 Å². The van der Waals surface area contributed by atoms with Crippen LogP contribution in [0.5, 0.6) is 5.75 Å². The van der Waals surface area contributed by atoms with Crippen LogP contribution in [0, 0.1) is 10.1 Å². The van der Waals surface area contributed by atoms with E-state index in [0.717, 1.165) is 0 Å². The number of nitro groups is 1. The van der Waals surface area contributed by atoms with Gasteiger partial charge in [0.15, 0.2) is 0 Å². The van der Waals surface area contributed by atoms with Crippen molar-refractivity contribution in [3.63, 3.8) is 0 Å². The minimum atomic E-state index is -0.679. The minimum Gasteiger partial charge on any atom is -0.495 e. The third-order valence-electron chi connectivity index (χ3n) is 4.81. The molecule has 0 bridgehead atoms. The number of ether oxygens (including phenoxy) is 2. The maximum absolute atomic E-state index is 12.4. The second kappa shape index (κ2) is 10.6. The lowest BCUT2D eigenvalue weighted by molar-refractivity contribution is -0.384. The highest BCUT2D eigenvalue weighted by Crippen LogP contribution is 2.26. The standard InChI is InChI=1S/C24H19N3O7S/c1-32-20-5-3-2-4-18(20)26-22(28)12-23-25-16(14-35-23)13-33-24(29)21-11-10-19(34-21)15-6-8-17(9-7-15)27(30)31/h2-11,14H,12-13H2,1H3,(H,26,28). The molecule has 2 aromatic carbocycles. The molecule has 35 heavy (non-hydrogen) atoms. The van der Waals surface area contributed by atoms with Gasteiger partial charge in [0, 0.05) is 23.1 Å². The molecule has 10 nitrogen and oxygen atoms in total. The first-order valence-electron chi connectivity index (χ1n) is 10.3. The fourth-order valence-corrected chi connectivity index (χ4v) is 3.91. The maximum atomic E-state index is 12.4. The van der Waals surface area contributed by atoms with Gasteiger partial charge in [-0.1, -0.05) is 12.1 Å². The predicted octanol–water partition coefficient (Wildman–Crippen LogP) is 4.86. The van der Waals surface area contributed by atoms with Crippen molar-refractivity contribution in [3.8, 4) is 17.1 Å². The van der Waals surface area contributed by atoms with Crippen LogP contribution in [0.2, 0.25) is 0 Å². The second-order valence-corrected chi connectivity index (χ2v) is 8.14. The second-order valence-electron chi connectivity index (χ2n) is 7.20. The fraction of sp³-hybridized carbons (Fsp3) is 0.125. The highest BCUT2D eigenvalue weighted by Gasteiger charge is 2.16. The lowest BCUT2D eigenvalue weighted by atomic mass is 10.1. The van der Waals surface area contributed by atoms with Gasteiger partial charge in [-0.25, -0.2) is 9.78 Å². The molecule has 0 aliphatic heterocycles. The molecule has 1 N–H and O–H groups in total. The summed E-state index contributed by atoms with van der Waals surface area (Å²) < 4.78 is 16.0. The van der Waals surface area contributed by atoms with Gasteiger partial charge in [0.1, 0.15) is 23.1 Å². The van der Waals surface area contributed by atoms with Crippen LogP contribution in [0.1, 0.15) is 21.3 Å². The molecule has 1 amide bonds. The summed E-state index contributed by atoms with van der Waals surface area (Å²) in [5.74, 6) is -0.000484. The molecule has 2 aromatic heterocycles. The summed E-state index contributed by atoms with van der Waals surface area (Å²) in [6.07, 6.45) is 0.0629. The Balaban J connectivity index is 1.30. The van der Waals surface area contributed by atoms with Crippen LogP contribution in [0.4, 0.5) is 11.4 Å². The number of benzene rings is 2. The zero-order valence-electron chi connectivity index (χ0n) is 18.4. The van der Waals surface area contributed by atoms with Crippen molar-refractivity contribution in [2.24, 2.45) is 0 Å². The van der Waals surface area contributed by atoms with Gasteiger partial charge in [0.05, 0.1) is 29.8 Å². The van der Waals surface area contributed by atoms with E-state index in [4.69, 9.17) is 13.9 Å². The number of amides is 1. The summed E-state index contributed by atoms with van der Waals surface area (Å²) in [6.45, 7) is -0.0863. The van der Waals surface area contributed by atoms with Crippen molar-refractivity contribution in [3.05, 3.63) is 92.6 Å². The number of rotatable bonds is 9. The monoisotopic (exact) mass is 493 g/mol. The number of hydrogen-bond donors (Lipinski definition) is 1. The van der Waals surface area contributed by atoms with Gasteiger partial charge in [0.25, 0.3) is 5.69 Å². The third-order valence-corrected chi connectivity index (χ3v) is 5.71. The van der Waals surface area contributed by atoms with E-state index >= 15 is 0 Å². The van der Waals surface area contributed by atoms with E-state index in [2.05, 4.69) is 10.3 Å². The number of hydrogen-bond acceptors (Lipinski definition) is 9. The Hall–Kier alpha value is -4.51. The number of carbonyl (C=O) groups is 2. The molecule has 0 spiro atoms. The normalized spacial score (nSPS) is 10.5. The van der Waals surface area contributed by atoms with Crippen LogP contribution in [-0.2, 0) is 22.6 Å². The first-order chi connectivity index (χ1) is 16.9. The lowest BCUT2D eigenvalue weighted by Crippen LogP contribution is -2.15. The first kappa shape index (κ1) is 23.6. The van der Waals surface area contributed by atoms with Gasteiger partial charge in [-0.15, -0.1) is 11.3 Å². The number of nitrogens with one attached hydrogen (secondary N) is 1. The molecule has 0 radical (unpaired) electrons. The molecule has 178 valence electrons. The van der Waals surface area contributed by atoms with Crippen LogP contribution in [0.3, 0.4) is 0 Å². The van der Waals surface area contributed by atoms with Crippen molar-refractivity contribution in [1.29, 1.82) is 0 Å². The van der Waals surface area contributed by atoms with Crippen molar-refractivity contribution in [1.82, 2.24) is 4.98 Å². The summed E-state index contributed by atoms with van der Waals surface area (Å²) in [5.41, 5.74) is 1.62. The molecule has 0 saturated carbocycles. The number of carbonyl (C=O) groups excluding carboxylic acids is 2.